The maximum absolute atomic E-state index is 6.18. The Bertz CT molecular complexity index is 553. The second-order valence-electron chi connectivity index (χ2n) is 4.93. The van der Waals surface area contributed by atoms with Crippen LogP contribution in [0.15, 0.2) is 18.6 Å². The Morgan fingerprint density at radius 1 is 1.41 bits per heavy atom. The molecule has 1 saturated heterocycles. The number of hydrogen-bond acceptors (Lipinski definition) is 4. The maximum Gasteiger partial charge on any atom is 0.156 e. The Hall–Kier alpha value is -1.62. The van der Waals surface area contributed by atoms with Gasteiger partial charge in [0.1, 0.15) is 5.52 Å². The van der Waals surface area contributed by atoms with Gasteiger partial charge in [0, 0.05) is 26.3 Å². The molecular formula is C12H17N5. The predicted octanol–water partition coefficient (Wildman–Crippen LogP) is 0.896. The average molecular weight is 231 g/mol. The topological polar surface area (TPSA) is 60.0 Å². The van der Waals surface area contributed by atoms with E-state index in [2.05, 4.69) is 21.8 Å². The second-order valence-corrected chi connectivity index (χ2v) is 4.93. The Labute approximate surface area is 100 Å². The van der Waals surface area contributed by atoms with Gasteiger partial charge in [0.25, 0.3) is 0 Å². The minimum absolute atomic E-state index is 0.0430. The van der Waals surface area contributed by atoms with Gasteiger partial charge in [-0.1, -0.05) is 6.92 Å². The number of nitrogens with zero attached hydrogens (tertiary/aromatic N) is 4. The van der Waals surface area contributed by atoms with Gasteiger partial charge in [-0.3, -0.25) is 0 Å². The summed E-state index contributed by atoms with van der Waals surface area (Å²) in [6.07, 6.45) is 4.66. The van der Waals surface area contributed by atoms with Crippen molar-refractivity contribution in [1.82, 2.24) is 14.5 Å². The molecule has 5 nitrogen and oxygen atoms in total. The molecule has 3 rings (SSSR count). The van der Waals surface area contributed by atoms with E-state index in [9.17, 15) is 0 Å². The van der Waals surface area contributed by atoms with Crippen LogP contribution in [-0.4, -0.2) is 33.2 Å². The summed E-state index contributed by atoms with van der Waals surface area (Å²) >= 11 is 0. The van der Waals surface area contributed by atoms with E-state index in [1.807, 2.05) is 30.2 Å². The Morgan fingerprint density at radius 2 is 2.18 bits per heavy atom. The van der Waals surface area contributed by atoms with Gasteiger partial charge in [0.2, 0.25) is 0 Å². The van der Waals surface area contributed by atoms with Crippen LogP contribution in [0.25, 0.3) is 11.0 Å². The molecule has 0 radical (unpaired) electrons. The number of pyridine rings is 1. The molecule has 5 heteroatoms. The van der Waals surface area contributed by atoms with Gasteiger partial charge in [-0.05, 0) is 12.5 Å². The van der Waals surface area contributed by atoms with Gasteiger partial charge < -0.3 is 15.2 Å². The summed E-state index contributed by atoms with van der Waals surface area (Å²) in [6, 6.07) is 1.99. The molecule has 1 fully saturated rings. The Morgan fingerprint density at radius 3 is 2.88 bits per heavy atom. The first-order valence-corrected chi connectivity index (χ1v) is 5.93. The fourth-order valence-electron chi connectivity index (χ4n) is 2.37. The first kappa shape index (κ1) is 10.5. The van der Waals surface area contributed by atoms with Gasteiger partial charge in [-0.2, -0.15) is 0 Å². The molecule has 0 bridgehead atoms. The van der Waals surface area contributed by atoms with Gasteiger partial charge >= 0.3 is 0 Å². The van der Waals surface area contributed by atoms with Crippen LogP contribution >= 0.6 is 0 Å². The lowest BCUT2D eigenvalue weighted by molar-refractivity contribution is 0.321. The number of fused-ring (bicyclic) bond motifs is 1. The lowest BCUT2D eigenvalue weighted by Gasteiger charge is -2.48. The predicted molar refractivity (Wildman–Crippen MR) is 67.9 cm³/mol. The third kappa shape index (κ3) is 1.50. The van der Waals surface area contributed by atoms with Gasteiger partial charge in [0.15, 0.2) is 5.82 Å². The van der Waals surface area contributed by atoms with Crippen molar-refractivity contribution < 1.29 is 0 Å². The molecule has 3 heterocycles. The van der Waals surface area contributed by atoms with Crippen molar-refractivity contribution in [1.29, 1.82) is 0 Å². The zero-order chi connectivity index (χ0) is 12.0. The number of hydrogen-bond donors (Lipinski definition) is 1. The highest BCUT2D eigenvalue weighted by Gasteiger charge is 2.39. The van der Waals surface area contributed by atoms with Crippen LogP contribution in [0.1, 0.15) is 13.3 Å². The summed E-state index contributed by atoms with van der Waals surface area (Å²) in [5.41, 5.74) is 8.22. The van der Waals surface area contributed by atoms with E-state index in [0.717, 1.165) is 36.4 Å². The zero-order valence-electron chi connectivity index (χ0n) is 10.2. The molecule has 0 aromatic carbocycles. The van der Waals surface area contributed by atoms with Crippen LogP contribution in [0.4, 0.5) is 5.82 Å². The molecular weight excluding hydrogens is 214 g/mol. The third-order valence-electron chi connectivity index (χ3n) is 3.64. The SMILES string of the molecule is CCC1(N)CN(c2nccc3c2ncn3C)C1. The van der Waals surface area contributed by atoms with Crippen LogP contribution in [-0.2, 0) is 7.05 Å². The summed E-state index contributed by atoms with van der Waals surface area (Å²) in [4.78, 5) is 11.1. The van der Waals surface area contributed by atoms with Crippen molar-refractivity contribution in [2.24, 2.45) is 12.8 Å². The fourth-order valence-corrected chi connectivity index (χ4v) is 2.37. The molecule has 1 aliphatic heterocycles. The van der Waals surface area contributed by atoms with Crippen LogP contribution in [0.3, 0.4) is 0 Å². The van der Waals surface area contributed by atoms with E-state index >= 15 is 0 Å². The van der Waals surface area contributed by atoms with E-state index in [1.54, 1.807) is 0 Å². The van der Waals surface area contributed by atoms with Crippen LogP contribution in [0.5, 0.6) is 0 Å². The van der Waals surface area contributed by atoms with E-state index < -0.39 is 0 Å². The monoisotopic (exact) mass is 231 g/mol. The van der Waals surface area contributed by atoms with Crippen LogP contribution in [0, 0.1) is 0 Å². The summed E-state index contributed by atoms with van der Waals surface area (Å²) in [5, 5.41) is 0. The first-order chi connectivity index (χ1) is 8.13. The van der Waals surface area contributed by atoms with Crippen molar-refractivity contribution in [3.63, 3.8) is 0 Å². The normalized spacial score (nSPS) is 18.4. The fraction of sp³-hybridized carbons (Fsp3) is 0.500. The Kier molecular flexibility index (Phi) is 2.13. The highest BCUT2D eigenvalue weighted by atomic mass is 15.3. The number of rotatable bonds is 2. The van der Waals surface area contributed by atoms with E-state index in [1.165, 1.54) is 0 Å². The molecule has 0 aliphatic carbocycles. The lowest BCUT2D eigenvalue weighted by Crippen LogP contribution is -2.67. The largest absolute Gasteiger partial charge is 0.351 e. The number of imidazole rings is 1. The van der Waals surface area contributed by atoms with Crippen molar-refractivity contribution in [3.8, 4) is 0 Å². The van der Waals surface area contributed by atoms with Gasteiger partial charge in [-0.15, -0.1) is 0 Å². The summed E-state index contributed by atoms with van der Waals surface area (Å²) in [5.74, 6) is 0.956. The Balaban J connectivity index is 1.97. The molecule has 17 heavy (non-hydrogen) atoms. The van der Waals surface area contributed by atoms with E-state index in [-0.39, 0.29) is 5.54 Å². The molecule has 0 atom stereocenters. The van der Waals surface area contributed by atoms with E-state index in [4.69, 9.17) is 5.73 Å². The molecule has 2 aromatic heterocycles. The molecule has 0 spiro atoms. The molecule has 0 saturated carbocycles. The zero-order valence-corrected chi connectivity index (χ0v) is 10.2. The van der Waals surface area contributed by atoms with Crippen LogP contribution < -0.4 is 10.6 Å². The summed E-state index contributed by atoms with van der Waals surface area (Å²) < 4.78 is 2.01. The number of aromatic nitrogens is 3. The van der Waals surface area contributed by atoms with Crippen LogP contribution in [0.2, 0.25) is 0 Å². The summed E-state index contributed by atoms with van der Waals surface area (Å²) in [7, 11) is 1.99. The highest BCUT2D eigenvalue weighted by Crippen LogP contribution is 2.30. The lowest BCUT2D eigenvalue weighted by atomic mass is 9.88. The minimum Gasteiger partial charge on any atom is -0.351 e. The number of anilines is 1. The van der Waals surface area contributed by atoms with Crippen molar-refractivity contribution in [2.45, 2.75) is 18.9 Å². The molecule has 0 unspecified atom stereocenters. The standard InChI is InChI=1S/C12H17N5/c1-3-12(13)6-17(7-12)11-10-9(4-5-14-11)16(2)8-15-10/h4-5,8H,3,6-7,13H2,1-2H3. The smallest absolute Gasteiger partial charge is 0.156 e. The molecule has 2 aromatic rings. The van der Waals surface area contributed by atoms with Crippen molar-refractivity contribution in [3.05, 3.63) is 18.6 Å². The average Bonchev–Trinajstić information content (AvgIpc) is 2.67. The van der Waals surface area contributed by atoms with Gasteiger partial charge in [0.05, 0.1) is 17.4 Å². The molecule has 1 aliphatic rings. The van der Waals surface area contributed by atoms with Crippen molar-refractivity contribution >= 4 is 16.9 Å². The van der Waals surface area contributed by atoms with E-state index in [0.29, 0.717) is 0 Å². The minimum atomic E-state index is -0.0430. The number of nitrogens with two attached hydrogens (primary N) is 1. The quantitative estimate of drug-likeness (QED) is 0.834. The second kappa shape index (κ2) is 3.43. The summed E-state index contributed by atoms with van der Waals surface area (Å²) in [6.45, 7) is 3.87. The third-order valence-corrected chi connectivity index (χ3v) is 3.64. The first-order valence-electron chi connectivity index (χ1n) is 5.93. The molecule has 2 N–H and O–H groups in total. The number of aryl methyl sites for hydroxylation is 1. The maximum atomic E-state index is 6.18. The molecule has 0 amide bonds. The van der Waals surface area contributed by atoms with Gasteiger partial charge in [-0.25, -0.2) is 9.97 Å². The highest BCUT2D eigenvalue weighted by molar-refractivity contribution is 5.86. The molecule has 90 valence electrons. The van der Waals surface area contributed by atoms with Crippen molar-refractivity contribution in [2.75, 3.05) is 18.0 Å².